The normalized spacial score (nSPS) is 15.8. The van der Waals surface area contributed by atoms with E-state index in [1.54, 1.807) is 0 Å². The molecular weight excluding hydrogens is 301 g/mol. The second-order valence-electron chi connectivity index (χ2n) is 4.80. The van der Waals surface area contributed by atoms with Gasteiger partial charge < -0.3 is 0 Å². The zero-order chi connectivity index (χ0) is 15.0. The SMILES string of the molecule is FC(F)(F)c1ccccc1/C=N\n1c(C2CC2)n[nH]c1=S. The fraction of sp³-hybridized carbons (Fsp3) is 0.308. The molecule has 1 saturated carbocycles. The van der Waals surface area contributed by atoms with E-state index in [1.807, 2.05) is 0 Å². The van der Waals surface area contributed by atoms with Crippen LogP contribution in [0, 0.1) is 4.77 Å². The van der Waals surface area contributed by atoms with Gasteiger partial charge in [0.05, 0.1) is 11.8 Å². The Morgan fingerprint density at radius 3 is 2.71 bits per heavy atom. The molecule has 21 heavy (non-hydrogen) atoms. The van der Waals surface area contributed by atoms with Crippen LogP contribution in [0.1, 0.15) is 35.7 Å². The number of hydrogen-bond donors (Lipinski definition) is 1. The lowest BCUT2D eigenvalue weighted by molar-refractivity contribution is -0.137. The maximum atomic E-state index is 12.9. The Labute approximate surface area is 123 Å². The van der Waals surface area contributed by atoms with Crippen molar-refractivity contribution in [1.82, 2.24) is 14.9 Å². The third-order valence-corrected chi connectivity index (χ3v) is 3.46. The first kappa shape index (κ1) is 14.0. The van der Waals surface area contributed by atoms with Gasteiger partial charge in [-0.3, -0.25) is 5.10 Å². The van der Waals surface area contributed by atoms with Gasteiger partial charge in [-0.15, -0.1) is 0 Å². The molecule has 0 atom stereocenters. The smallest absolute Gasteiger partial charge is 0.250 e. The number of rotatable bonds is 3. The van der Waals surface area contributed by atoms with Crippen LogP contribution in [0.2, 0.25) is 0 Å². The van der Waals surface area contributed by atoms with Crippen LogP contribution in [0.3, 0.4) is 0 Å². The summed E-state index contributed by atoms with van der Waals surface area (Å²) in [4.78, 5) is 0. The molecule has 0 unspecified atom stereocenters. The molecule has 0 radical (unpaired) electrons. The molecule has 1 heterocycles. The number of nitrogens with one attached hydrogen (secondary N) is 1. The van der Waals surface area contributed by atoms with Crippen molar-refractivity contribution < 1.29 is 13.2 Å². The fourth-order valence-electron chi connectivity index (χ4n) is 2.01. The van der Waals surface area contributed by atoms with Crippen LogP contribution in [0.5, 0.6) is 0 Å². The Morgan fingerprint density at radius 2 is 2.05 bits per heavy atom. The summed E-state index contributed by atoms with van der Waals surface area (Å²) < 4.78 is 40.4. The van der Waals surface area contributed by atoms with E-state index in [0.29, 0.717) is 5.82 Å². The summed E-state index contributed by atoms with van der Waals surface area (Å²) in [5.74, 6) is 0.952. The van der Waals surface area contributed by atoms with Gasteiger partial charge in [-0.25, -0.2) is 0 Å². The Bertz CT molecular complexity index is 740. The molecule has 1 aliphatic carbocycles. The molecule has 1 aliphatic rings. The highest BCUT2D eigenvalue weighted by Crippen LogP contribution is 2.38. The van der Waals surface area contributed by atoms with E-state index in [4.69, 9.17) is 12.2 Å². The summed E-state index contributed by atoms with van der Waals surface area (Å²) in [7, 11) is 0. The molecule has 2 aromatic rings. The van der Waals surface area contributed by atoms with Crippen molar-refractivity contribution in [2.45, 2.75) is 24.9 Å². The van der Waals surface area contributed by atoms with Crippen LogP contribution >= 0.6 is 12.2 Å². The second kappa shape index (κ2) is 5.10. The van der Waals surface area contributed by atoms with Gasteiger partial charge >= 0.3 is 6.18 Å². The molecule has 0 amide bonds. The molecule has 110 valence electrons. The molecule has 8 heteroatoms. The monoisotopic (exact) mass is 312 g/mol. The average Bonchev–Trinajstić information content (AvgIpc) is 3.20. The summed E-state index contributed by atoms with van der Waals surface area (Å²) in [5, 5.41) is 10.8. The van der Waals surface area contributed by atoms with Crippen LogP contribution in [-0.4, -0.2) is 21.1 Å². The highest BCUT2D eigenvalue weighted by Gasteiger charge is 2.32. The first-order chi connectivity index (χ1) is 9.97. The van der Waals surface area contributed by atoms with Crippen molar-refractivity contribution in [3.63, 3.8) is 0 Å². The van der Waals surface area contributed by atoms with Crippen LogP contribution < -0.4 is 0 Å². The van der Waals surface area contributed by atoms with Gasteiger partial charge in [0.2, 0.25) is 4.77 Å². The van der Waals surface area contributed by atoms with Gasteiger partial charge in [-0.1, -0.05) is 18.2 Å². The fourth-order valence-corrected chi connectivity index (χ4v) is 2.20. The molecule has 1 aromatic heterocycles. The Balaban J connectivity index is 1.98. The third-order valence-electron chi connectivity index (χ3n) is 3.20. The first-order valence-corrected chi connectivity index (χ1v) is 6.75. The van der Waals surface area contributed by atoms with Crippen LogP contribution in [0.15, 0.2) is 29.4 Å². The van der Waals surface area contributed by atoms with E-state index in [2.05, 4.69) is 15.3 Å². The van der Waals surface area contributed by atoms with Gasteiger partial charge in [0, 0.05) is 11.5 Å². The molecule has 0 spiro atoms. The zero-order valence-corrected chi connectivity index (χ0v) is 11.6. The summed E-state index contributed by atoms with van der Waals surface area (Å²) >= 11 is 5.05. The molecule has 0 bridgehead atoms. The minimum absolute atomic E-state index is 0.00477. The van der Waals surface area contributed by atoms with Crippen LogP contribution in [0.25, 0.3) is 0 Å². The van der Waals surface area contributed by atoms with E-state index in [9.17, 15) is 13.2 Å². The van der Waals surface area contributed by atoms with Gasteiger partial charge in [-0.05, 0) is 31.1 Å². The van der Waals surface area contributed by atoms with Gasteiger partial charge in [-0.2, -0.15) is 28.0 Å². The van der Waals surface area contributed by atoms with Gasteiger partial charge in [0.15, 0.2) is 5.82 Å². The zero-order valence-electron chi connectivity index (χ0n) is 10.8. The number of benzene rings is 1. The first-order valence-electron chi connectivity index (χ1n) is 6.34. The van der Waals surface area contributed by atoms with E-state index < -0.39 is 11.7 Å². The maximum Gasteiger partial charge on any atom is 0.417 e. The third kappa shape index (κ3) is 2.90. The Morgan fingerprint density at radius 1 is 1.33 bits per heavy atom. The van der Waals surface area contributed by atoms with E-state index in [0.717, 1.165) is 18.9 Å². The molecule has 1 fully saturated rings. The topological polar surface area (TPSA) is 46.0 Å². The minimum atomic E-state index is -4.42. The molecular formula is C13H11F3N4S. The Hall–Kier alpha value is -1.96. The van der Waals surface area contributed by atoms with Gasteiger partial charge in [0.25, 0.3) is 0 Å². The van der Waals surface area contributed by atoms with Crippen molar-refractivity contribution in [3.05, 3.63) is 46.0 Å². The van der Waals surface area contributed by atoms with Crippen molar-refractivity contribution in [2.75, 3.05) is 0 Å². The van der Waals surface area contributed by atoms with Crippen molar-refractivity contribution >= 4 is 18.4 Å². The minimum Gasteiger partial charge on any atom is -0.250 e. The highest BCUT2D eigenvalue weighted by molar-refractivity contribution is 7.71. The lowest BCUT2D eigenvalue weighted by atomic mass is 10.1. The predicted molar refractivity (Wildman–Crippen MR) is 73.8 cm³/mol. The number of hydrogen-bond acceptors (Lipinski definition) is 3. The maximum absolute atomic E-state index is 12.9. The van der Waals surface area contributed by atoms with E-state index in [1.165, 1.54) is 29.1 Å². The standard InChI is InChI=1S/C13H11F3N4S/c14-13(15,16)10-4-2-1-3-9(10)7-17-20-11(8-5-6-8)18-19-12(20)21/h1-4,7-8H,5-6H2,(H,19,21)/b17-7-. The van der Waals surface area contributed by atoms with Crippen molar-refractivity contribution in [3.8, 4) is 0 Å². The predicted octanol–water partition coefficient (Wildman–Crippen LogP) is 3.72. The summed E-state index contributed by atoms with van der Waals surface area (Å²) in [5.41, 5.74) is -0.730. The lowest BCUT2D eigenvalue weighted by Gasteiger charge is -2.09. The summed E-state index contributed by atoms with van der Waals surface area (Å²) in [6, 6.07) is 5.27. The van der Waals surface area contributed by atoms with Crippen LogP contribution in [-0.2, 0) is 6.18 Å². The quantitative estimate of drug-likeness (QED) is 0.693. The highest BCUT2D eigenvalue weighted by atomic mass is 32.1. The molecule has 3 rings (SSSR count). The number of halogens is 3. The number of H-pyrrole nitrogens is 1. The summed E-state index contributed by atoms with van der Waals surface area (Å²) in [6.45, 7) is 0. The number of nitrogens with zero attached hydrogens (tertiary/aromatic N) is 3. The molecule has 0 aliphatic heterocycles. The molecule has 1 N–H and O–H groups in total. The van der Waals surface area contributed by atoms with Crippen molar-refractivity contribution in [1.29, 1.82) is 0 Å². The molecule has 0 saturated heterocycles. The molecule has 1 aromatic carbocycles. The van der Waals surface area contributed by atoms with Crippen molar-refractivity contribution in [2.24, 2.45) is 5.10 Å². The number of alkyl halides is 3. The van der Waals surface area contributed by atoms with E-state index >= 15 is 0 Å². The largest absolute Gasteiger partial charge is 0.417 e. The Kier molecular flexibility index (Phi) is 3.40. The van der Waals surface area contributed by atoms with Gasteiger partial charge in [0.1, 0.15) is 0 Å². The molecule has 4 nitrogen and oxygen atoms in total. The second-order valence-corrected chi connectivity index (χ2v) is 5.19. The number of aromatic nitrogens is 3. The lowest BCUT2D eigenvalue weighted by Crippen LogP contribution is -2.09. The van der Waals surface area contributed by atoms with E-state index in [-0.39, 0.29) is 16.3 Å². The summed E-state index contributed by atoms with van der Waals surface area (Å²) in [6.07, 6.45) is -1.26. The van der Waals surface area contributed by atoms with Crippen LogP contribution in [0.4, 0.5) is 13.2 Å². The average molecular weight is 312 g/mol. The number of aromatic amines is 1.